The number of hydrogen-bond donors (Lipinski definition) is 3. The van der Waals surface area contributed by atoms with Crippen molar-refractivity contribution in [1.29, 1.82) is 0 Å². The van der Waals surface area contributed by atoms with E-state index < -0.39 is 22.2 Å². The van der Waals surface area contributed by atoms with Gasteiger partial charge in [0.1, 0.15) is 10.6 Å². The molecule has 1 amide bonds. The molecular formula is C16H24ClN3O5S. The number of aliphatic hydroxyl groups excluding tert-OH is 1. The van der Waals surface area contributed by atoms with E-state index in [1.807, 2.05) is 0 Å². The second-order valence-corrected chi connectivity index (χ2v) is 8.22. The number of halogens is 1. The molecule has 3 N–H and O–H groups in total. The predicted molar refractivity (Wildman–Crippen MR) is 99.3 cm³/mol. The van der Waals surface area contributed by atoms with Gasteiger partial charge < -0.3 is 20.5 Å². The number of sulfonamides is 1. The molecule has 2 aliphatic rings. The molecule has 1 aromatic rings. The van der Waals surface area contributed by atoms with Crippen LogP contribution in [0.3, 0.4) is 0 Å². The molecule has 2 saturated heterocycles. The first-order valence-electron chi connectivity index (χ1n) is 8.32. The van der Waals surface area contributed by atoms with Gasteiger partial charge in [0.15, 0.2) is 0 Å². The zero-order valence-electron chi connectivity index (χ0n) is 14.5. The Balaban J connectivity index is 0.00000243. The number of carbonyl (C=O) groups is 1. The minimum absolute atomic E-state index is 0. The number of anilines is 1. The predicted octanol–water partition coefficient (Wildman–Crippen LogP) is 0.563. The van der Waals surface area contributed by atoms with Gasteiger partial charge in [-0.15, -0.1) is 12.4 Å². The number of hydrogen-bond acceptors (Lipinski definition) is 6. The van der Waals surface area contributed by atoms with Gasteiger partial charge in [0, 0.05) is 31.4 Å². The molecular weight excluding hydrogens is 382 g/mol. The highest BCUT2D eigenvalue weighted by Crippen LogP contribution is 2.31. The summed E-state index contributed by atoms with van der Waals surface area (Å²) in [5, 5.41) is 15.2. The average molecular weight is 406 g/mol. The number of aliphatic hydroxyl groups is 1. The van der Waals surface area contributed by atoms with Gasteiger partial charge in [0.2, 0.25) is 15.9 Å². The summed E-state index contributed by atoms with van der Waals surface area (Å²) >= 11 is 0. The van der Waals surface area contributed by atoms with Crippen molar-refractivity contribution in [2.24, 2.45) is 0 Å². The first kappa shape index (κ1) is 20.9. The number of rotatable bonds is 5. The lowest BCUT2D eigenvalue weighted by Crippen LogP contribution is -2.35. The molecule has 2 fully saturated rings. The molecule has 2 heterocycles. The maximum Gasteiger partial charge on any atom is 0.246 e. The summed E-state index contributed by atoms with van der Waals surface area (Å²) in [6.45, 7) is 1.41. The Morgan fingerprint density at radius 1 is 1.35 bits per heavy atom. The zero-order chi connectivity index (χ0) is 18.0. The van der Waals surface area contributed by atoms with E-state index in [1.54, 1.807) is 6.07 Å². The Hall–Kier alpha value is -1.39. The molecule has 10 heteroatoms. The topological polar surface area (TPSA) is 108 Å². The smallest absolute Gasteiger partial charge is 0.246 e. The second-order valence-electron chi connectivity index (χ2n) is 6.32. The normalized spacial score (nSPS) is 23.5. The summed E-state index contributed by atoms with van der Waals surface area (Å²) in [5.74, 6) is -0.0714. The lowest BCUT2D eigenvalue weighted by molar-refractivity contribution is -0.117. The fraction of sp³-hybridized carbons (Fsp3) is 0.562. The van der Waals surface area contributed by atoms with E-state index in [9.17, 15) is 18.3 Å². The van der Waals surface area contributed by atoms with Gasteiger partial charge in [-0.3, -0.25) is 4.79 Å². The van der Waals surface area contributed by atoms with Crippen LogP contribution < -0.4 is 15.4 Å². The zero-order valence-corrected chi connectivity index (χ0v) is 16.1. The van der Waals surface area contributed by atoms with Gasteiger partial charge in [-0.2, -0.15) is 4.31 Å². The molecule has 0 spiro atoms. The molecule has 3 rings (SSSR count). The minimum Gasteiger partial charge on any atom is -0.495 e. The van der Waals surface area contributed by atoms with E-state index in [4.69, 9.17) is 4.74 Å². The molecule has 26 heavy (non-hydrogen) atoms. The number of nitrogens with one attached hydrogen (secondary N) is 2. The van der Waals surface area contributed by atoms with Crippen LogP contribution in [0.25, 0.3) is 0 Å². The van der Waals surface area contributed by atoms with Crippen molar-refractivity contribution in [3.05, 3.63) is 18.2 Å². The summed E-state index contributed by atoms with van der Waals surface area (Å²) in [6, 6.07) is 4.05. The van der Waals surface area contributed by atoms with Crippen LogP contribution >= 0.6 is 12.4 Å². The van der Waals surface area contributed by atoms with Gasteiger partial charge in [-0.25, -0.2) is 8.42 Å². The lowest BCUT2D eigenvalue weighted by Gasteiger charge is -2.18. The molecule has 0 bridgehead atoms. The average Bonchev–Trinajstić information content (AvgIpc) is 3.26. The number of amides is 1. The summed E-state index contributed by atoms with van der Waals surface area (Å²) in [5.41, 5.74) is 0.449. The monoisotopic (exact) mass is 405 g/mol. The Kier molecular flexibility index (Phi) is 6.86. The van der Waals surface area contributed by atoms with Crippen LogP contribution in [0.2, 0.25) is 0 Å². The van der Waals surface area contributed by atoms with Crippen molar-refractivity contribution in [3.63, 3.8) is 0 Å². The number of methoxy groups -OCH3 is 1. The highest BCUT2D eigenvalue weighted by molar-refractivity contribution is 7.89. The maximum atomic E-state index is 12.7. The van der Waals surface area contributed by atoms with E-state index in [1.165, 1.54) is 23.5 Å². The van der Waals surface area contributed by atoms with E-state index in [0.29, 0.717) is 31.7 Å². The van der Waals surface area contributed by atoms with Crippen molar-refractivity contribution in [1.82, 2.24) is 9.62 Å². The van der Waals surface area contributed by atoms with Gasteiger partial charge in [0.05, 0.1) is 19.3 Å². The van der Waals surface area contributed by atoms with Crippen molar-refractivity contribution < 1.29 is 23.1 Å². The molecule has 0 saturated carbocycles. The molecule has 146 valence electrons. The highest BCUT2D eigenvalue weighted by atomic mass is 35.5. The van der Waals surface area contributed by atoms with Gasteiger partial charge in [-0.1, -0.05) is 0 Å². The summed E-state index contributed by atoms with van der Waals surface area (Å²) in [7, 11) is -2.20. The number of benzene rings is 1. The Labute approximate surface area is 159 Å². The standard InChI is InChI=1S/C16H23N3O5S.ClH/c1-24-14-8-11(18-16(21)13-9-12(20)10-17-13)4-5-15(14)25(22,23)19-6-2-3-7-19;/h4-5,8,12-13,17,20H,2-3,6-7,9-10H2,1H3,(H,18,21);1H. The van der Waals surface area contributed by atoms with Gasteiger partial charge in [0.25, 0.3) is 0 Å². The Bertz CT molecular complexity index is 752. The van der Waals surface area contributed by atoms with E-state index in [0.717, 1.165) is 12.8 Å². The van der Waals surface area contributed by atoms with Crippen molar-refractivity contribution in [2.75, 3.05) is 32.1 Å². The molecule has 0 aromatic heterocycles. The first-order chi connectivity index (χ1) is 11.9. The highest BCUT2D eigenvalue weighted by Gasteiger charge is 2.31. The van der Waals surface area contributed by atoms with Crippen LogP contribution in [0.5, 0.6) is 5.75 Å². The van der Waals surface area contributed by atoms with E-state index in [-0.39, 0.29) is 29.0 Å². The fourth-order valence-electron chi connectivity index (χ4n) is 3.17. The second kappa shape index (κ2) is 8.53. The molecule has 2 unspecified atom stereocenters. The van der Waals surface area contributed by atoms with Crippen LogP contribution in [0, 0.1) is 0 Å². The first-order valence-corrected chi connectivity index (χ1v) is 9.76. The number of β-amino-alcohol motifs (C(OH)–C–C–N with tert-alkyl or cyclic N) is 1. The summed E-state index contributed by atoms with van der Waals surface area (Å²) < 4.78 is 32.1. The third-order valence-corrected chi connectivity index (χ3v) is 6.48. The lowest BCUT2D eigenvalue weighted by atomic mass is 10.2. The molecule has 1 aromatic carbocycles. The summed E-state index contributed by atoms with van der Waals surface area (Å²) in [6.07, 6.45) is 1.54. The van der Waals surface area contributed by atoms with Gasteiger partial charge >= 0.3 is 0 Å². The molecule has 0 aliphatic carbocycles. The van der Waals surface area contributed by atoms with Crippen LogP contribution in [-0.4, -0.2) is 62.6 Å². The Morgan fingerprint density at radius 3 is 2.62 bits per heavy atom. The van der Waals surface area contributed by atoms with Crippen molar-refractivity contribution in [3.8, 4) is 5.75 Å². The van der Waals surface area contributed by atoms with Crippen LogP contribution in [0.4, 0.5) is 5.69 Å². The molecule has 8 nitrogen and oxygen atoms in total. The third-order valence-electron chi connectivity index (χ3n) is 4.54. The molecule has 0 radical (unpaired) electrons. The Morgan fingerprint density at radius 2 is 2.04 bits per heavy atom. The third kappa shape index (κ3) is 4.29. The number of carbonyl (C=O) groups excluding carboxylic acids is 1. The quantitative estimate of drug-likeness (QED) is 0.660. The summed E-state index contributed by atoms with van der Waals surface area (Å²) in [4.78, 5) is 12.3. The van der Waals surface area contributed by atoms with Crippen LogP contribution in [0.1, 0.15) is 19.3 Å². The number of ether oxygens (including phenoxy) is 1. The van der Waals surface area contributed by atoms with E-state index >= 15 is 0 Å². The van der Waals surface area contributed by atoms with E-state index in [2.05, 4.69) is 10.6 Å². The van der Waals surface area contributed by atoms with Crippen molar-refractivity contribution >= 4 is 34.0 Å². The SMILES string of the molecule is COc1cc(NC(=O)C2CC(O)CN2)ccc1S(=O)(=O)N1CCCC1.Cl. The number of nitrogens with zero attached hydrogens (tertiary/aromatic N) is 1. The van der Waals surface area contributed by atoms with Crippen LogP contribution in [-0.2, 0) is 14.8 Å². The minimum atomic E-state index is -3.60. The largest absolute Gasteiger partial charge is 0.495 e. The maximum absolute atomic E-state index is 12.7. The molecule has 2 atom stereocenters. The van der Waals surface area contributed by atoms with Crippen LogP contribution in [0.15, 0.2) is 23.1 Å². The van der Waals surface area contributed by atoms with Crippen molar-refractivity contribution in [2.45, 2.75) is 36.3 Å². The molecule has 2 aliphatic heterocycles. The van der Waals surface area contributed by atoms with Gasteiger partial charge in [-0.05, 0) is 31.4 Å². The fourth-order valence-corrected chi connectivity index (χ4v) is 4.83.